The minimum absolute atomic E-state index is 0.157. The Hall–Kier alpha value is -3.59. The summed E-state index contributed by atoms with van der Waals surface area (Å²) >= 11 is 0. The van der Waals surface area contributed by atoms with Gasteiger partial charge in [0.25, 0.3) is 0 Å². The lowest BCUT2D eigenvalue weighted by molar-refractivity contribution is 0.352. The smallest absolute Gasteiger partial charge is 0.240 e. The second-order valence-electron chi connectivity index (χ2n) is 7.94. The Kier molecular flexibility index (Phi) is 4.95. The second-order valence-corrected chi connectivity index (χ2v) is 7.94. The van der Waals surface area contributed by atoms with Crippen LogP contribution in [0, 0.1) is 0 Å². The fraction of sp³-hybridized carbons (Fsp3) is 0.318. The lowest BCUT2D eigenvalue weighted by Crippen LogP contribution is -2.25. The fourth-order valence-electron chi connectivity index (χ4n) is 4.13. The summed E-state index contributed by atoms with van der Waals surface area (Å²) in [6.07, 6.45) is 2.98. The third-order valence-electron chi connectivity index (χ3n) is 5.71. The number of nitrogens with zero attached hydrogens (tertiary/aromatic N) is 5. The summed E-state index contributed by atoms with van der Waals surface area (Å²) in [5.41, 5.74) is 9.11. The van der Waals surface area contributed by atoms with Crippen LogP contribution in [0.15, 0.2) is 36.4 Å². The number of hydrogen-bond acceptors (Lipinski definition) is 8. The van der Waals surface area contributed by atoms with E-state index >= 15 is 0 Å². The Morgan fingerprint density at radius 1 is 1.00 bits per heavy atom. The van der Waals surface area contributed by atoms with Gasteiger partial charge in [-0.2, -0.15) is 9.50 Å². The Morgan fingerprint density at radius 3 is 2.65 bits per heavy atom. The number of hydrogen-bond donors (Lipinski definition) is 4. The number of aromatic hydroxyl groups is 2. The van der Waals surface area contributed by atoms with E-state index in [1.54, 1.807) is 10.6 Å². The first-order valence-corrected chi connectivity index (χ1v) is 10.5. The molecule has 9 nitrogen and oxygen atoms in total. The van der Waals surface area contributed by atoms with Gasteiger partial charge in [0, 0.05) is 30.6 Å². The molecule has 0 unspecified atom stereocenters. The lowest BCUT2D eigenvalue weighted by Gasteiger charge is -2.15. The molecule has 1 aliphatic rings. The molecule has 1 saturated heterocycles. The third kappa shape index (κ3) is 3.91. The molecule has 0 radical (unpaired) electrons. The van der Waals surface area contributed by atoms with E-state index < -0.39 is 0 Å². The minimum Gasteiger partial charge on any atom is -0.504 e. The van der Waals surface area contributed by atoms with Crippen LogP contribution >= 0.6 is 0 Å². The van der Waals surface area contributed by atoms with E-state index in [2.05, 4.69) is 20.3 Å². The number of phenolic OH excluding ortho intramolecular Hbond substituents is 2. The molecular weight excluding hydrogens is 394 g/mol. The molecule has 0 saturated carbocycles. The van der Waals surface area contributed by atoms with Gasteiger partial charge in [0.1, 0.15) is 5.82 Å². The van der Waals surface area contributed by atoms with E-state index in [-0.39, 0.29) is 17.4 Å². The zero-order valence-corrected chi connectivity index (χ0v) is 17.1. The van der Waals surface area contributed by atoms with Crippen molar-refractivity contribution in [2.75, 3.05) is 37.2 Å². The number of nitrogens with one attached hydrogen (secondary N) is 1. The van der Waals surface area contributed by atoms with E-state index in [9.17, 15) is 10.2 Å². The highest BCUT2D eigenvalue weighted by molar-refractivity contribution is 5.93. The standard InChI is InChI=1S/C22H25N7O2/c23-22-26-21-16-5-4-15(24-7-10-28-8-1-2-9-28)13-17(16)25-20(29(21)27-22)12-14-3-6-18(30)19(31)11-14/h3-6,11,13,24,30-31H,1-2,7-10,12H2,(H2,23,27). The number of rotatable bonds is 6. The van der Waals surface area contributed by atoms with Gasteiger partial charge in [0.15, 0.2) is 17.1 Å². The molecule has 31 heavy (non-hydrogen) atoms. The van der Waals surface area contributed by atoms with Crippen LogP contribution in [0.1, 0.15) is 24.2 Å². The number of nitrogens with two attached hydrogens (primary N) is 1. The van der Waals surface area contributed by atoms with Crippen molar-refractivity contribution in [1.29, 1.82) is 0 Å². The van der Waals surface area contributed by atoms with Gasteiger partial charge in [-0.05, 0) is 61.8 Å². The molecule has 1 fully saturated rings. The molecule has 0 atom stereocenters. The molecule has 2 aromatic carbocycles. The highest BCUT2D eigenvalue weighted by Gasteiger charge is 2.15. The van der Waals surface area contributed by atoms with E-state index in [4.69, 9.17) is 10.7 Å². The monoisotopic (exact) mass is 419 g/mol. The van der Waals surface area contributed by atoms with Gasteiger partial charge >= 0.3 is 0 Å². The zero-order chi connectivity index (χ0) is 21.4. The number of fused-ring (bicyclic) bond motifs is 3. The predicted molar refractivity (Wildman–Crippen MR) is 119 cm³/mol. The molecular formula is C22H25N7O2. The highest BCUT2D eigenvalue weighted by atomic mass is 16.3. The first-order valence-electron chi connectivity index (χ1n) is 10.5. The first-order chi connectivity index (χ1) is 15.1. The Bertz CT molecular complexity index is 1250. The molecule has 5 N–H and O–H groups in total. The van der Waals surface area contributed by atoms with Crippen LogP contribution in [0.2, 0.25) is 0 Å². The molecule has 160 valence electrons. The van der Waals surface area contributed by atoms with Crippen LogP contribution in [0.4, 0.5) is 11.6 Å². The van der Waals surface area contributed by atoms with Crippen molar-refractivity contribution in [2.45, 2.75) is 19.3 Å². The second kappa shape index (κ2) is 7.92. The van der Waals surface area contributed by atoms with Gasteiger partial charge in [0.2, 0.25) is 5.95 Å². The van der Waals surface area contributed by atoms with Crippen LogP contribution in [-0.4, -0.2) is 60.9 Å². The Labute approximate surface area is 179 Å². The first kappa shape index (κ1) is 19.4. The summed E-state index contributed by atoms with van der Waals surface area (Å²) in [5, 5.41) is 28.1. The van der Waals surface area contributed by atoms with Crippen LogP contribution in [-0.2, 0) is 6.42 Å². The maximum atomic E-state index is 9.83. The number of phenols is 2. The average molecular weight is 419 g/mol. The van der Waals surface area contributed by atoms with E-state index in [0.29, 0.717) is 17.9 Å². The van der Waals surface area contributed by atoms with Crippen molar-refractivity contribution in [2.24, 2.45) is 0 Å². The number of benzene rings is 2. The van der Waals surface area contributed by atoms with Crippen LogP contribution in [0.3, 0.4) is 0 Å². The Morgan fingerprint density at radius 2 is 1.84 bits per heavy atom. The largest absolute Gasteiger partial charge is 0.504 e. The SMILES string of the molecule is Nc1nc2c3ccc(NCCN4CCCC4)cc3nc(Cc3ccc(O)c(O)c3)n2n1. The predicted octanol–water partition coefficient (Wildman–Crippen LogP) is 2.37. The summed E-state index contributed by atoms with van der Waals surface area (Å²) in [6, 6.07) is 10.7. The maximum Gasteiger partial charge on any atom is 0.240 e. The average Bonchev–Trinajstić information content (AvgIpc) is 3.40. The third-order valence-corrected chi connectivity index (χ3v) is 5.71. The number of nitrogen functional groups attached to an aromatic ring is 1. The normalized spacial score (nSPS) is 14.6. The van der Waals surface area contributed by atoms with Gasteiger partial charge in [-0.25, -0.2) is 4.98 Å². The summed E-state index contributed by atoms with van der Waals surface area (Å²) < 4.78 is 1.64. The molecule has 0 spiro atoms. The van der Waals surface area contributed by atoms with Gasteiger partial charge in [0.05, 0.1) is 5.52 Å². The molecule has 4 aromatic rings. The molecule has 2 aromatic heterocycles. The van der Waals surface area contributed by atoms with E-state index in [1.807, 2.05) is 18.2 Å². The van der Waals surface area contributed by atoms with Gasteiger partial charge < -0.3 is 26.2 Å². The number of likely N-dealkylation sites (tertiary alicyclic amines) is 1. The fourth-order valence-corrected chi connectivity index (χ4v) is 4.13. The van der Waals surface area contributed by atoms with Crippen molar-refractivity contribution < 1.29 is 10.2 Å². The van der Waals surface area contributed by atoms with Crippen molar-refractivity contribution in [1.82, 2.24) is 24.5 Å². The molecule has 9 heteroatoms. The van der Waals surface area contributed by atoms with Crippen LogP contribution < -0.4 is 11.1 Å². The van der Waals surface area contributed by atoms with Crippen molar-refractivity contribution >= 4 is 28.2 Å². The van der Waals surface area contributed by atoms with Crippen molar-refractivity contribution in [3.8, 4) is 11.5 Å². The molecule has 3 heterocycles. The Balaban J connectivity index is 1.47. The maximum absolute atomic E-state index is 9.83. The number of aromatic nitrogens is 4. The topological polar surface area (TPSA) is 125 Å². The van der Waals surface area contributed by atoms with Gasteiger partial charge in [-0.3, -0.25) is 0 Å². The molecule has 0 aliphatic carbocycles. The van der Waals surface area contributed by atoms with Gasteiger partial charge in [-0.15, -0.1) is 5.10 Å². The summed E-state index contributed by atoms with van der Waals surface area (Å²) in [5.74, 6) is 0.495. The minimum atomic E-state index is -0.169. The molecule has 0 amide bonds. The van der Waals surface area contributed by atoms with Crippen molar-refractivity contribution in [3.05, 3.63) is 47.8 Å². The van der Waals surface area contributed by atoms with Crippen molar-refractivity contribution in [3.63, 3.8) is 0 Å². The summed E-state index contributed by atoms with van der Waals surface area (Å²) in [6.45, 7) is 4.28. The summed E-state index contributed by atoms with van der Waals surface area (Å²) in [4.78, 5) is 11.7. The molecule has 5 rings (SSSR count). The van der Waals surface area contributed by atoms with Crippen LogP contribution in [0.5, 0.6) is 11.5 Å². The number of anilines is 2. The molecule has 0 bridgehead atoms. The zero-order valence-electron chi connectivity index (χ0n) is 17.1. The lowest BCUT2D eigenvalue weighted by atomic mass is 10.1. The molecule has 1 aliphatic heterocycles. The quantitative estimate of drug-likeness (QED) is 0.351. The highest BCUT2D eigenvalue weighted by Crippen LogP contribution is 2.27. The van der Waals surface area contributed by atoms with Crippen LogP contribution in [0.25, 0.3) is 16.6 Å². The summed E-state index contributed by atoms with van der Waals surface area (Å²) in [7, 11) is 0. The van der Waals surface area contributed by atoms with E-state index in [1.165, 1.54) is 38.1 Å². The van der Waals surface area contributed by atoms with Gasteiger partial charge in [-0.1, -0.05) is 6.07 Å². The van der Waals surface area contributed by atoms with E-state index in [0.717, 1.165) is 35.2 Å².